The summed E-state index contributed by atoms with van der Waals surface area (Å²) < 4.78 is 0. The molecule has 0 saturated carbocycles. The van der Waals surface area contributed by atoms with Crippen molar-refractivity contribution in [3.05, 3.63) is 167 Å². The van der Waals surface area contributed by atoms with Crippen molar-refractivity contribution in [3.8, 4) is 33.4 Å². The molecule has 6 aromatic rings. The second kappa shape index (κ2) is 9.15. The summed E-state index contributed by atoms with van der Waals surface area (Å²) in [7, 11) is 0. The Kier molecular flexibility index (Phi) is 5.36. The Morgan fingerprint density at radius 3 is 1.88 bits per heavy atom. The maximum atomic E-state index is 6.32. The molecule has 0 saturated heterocycles. The third-order valence-corrected chi connectivity index (χ3v) is 9.13. The molecule has 6 aromatic carbocycles. The average Bonchev–Trinajstić information content (AvgIpc) is 3.48. The highest BCUT2D eigenvalue weighted by atomic mass is 14.7. The number of para-hydroxylation sites is 1. The fourth-order valence-corrected chi connectivity index (χ4v) is 7.20. The third-order valence-electron chi connectivity index (χ3n) is 9.13. The van der Waals surface area contributed by atoms with Crippen molar-refractivity contribution < 1.29 is 0 Å². The van der Waals surface area contributed by atoms with Gasteiger partial charge in [-0.1, -0.05) is 103 Å². The fourth-order valence-electron chi connectivity index (χ4n) is 7.20. The van der Waals surface area contributed by atoms with Gasteiger partial charge in [-0.3, -0.25) is 4.99 Å². The van der Waals surface area contributed by atoms with Crippen LogP contribution in [0.4, 0.5) is 11.4 Å². The summed E-state index contributed by atoms with van der Waals surface area (Å²) >= 11 is 0. The molecule has 1 unspecified atom stereocenters. The van der Waals surface area contributed by atoms with E-state index in [0.717, 1.165) is 22.6 Å². The molecule has 200 valence electrons. The molecule has 42 heavy (non-hydrogen) atoms. The van der Waals surface area contributed by atoms with Gasteiger partial charge in [0.25, 0.3) is 0 Å². The second-order valence-electron chi connectivity index (χ2n) is 11.5. The number of hydrogen-bond acceptors (Lipinski definition) is 2. The van der Waals surface area contributed by atoms with Gasteiger partial charge in [-0.15, -0.1) is 0 Å². The van der Waals surface area contributed by atoms with E-state index in [1.165, 1.54) is 61.2 Å². The zero-order valence-electron chi connectivity index (χ0n) is 23.7. The van der Waals surface area contributed by atoms with Crippen LogP contribution in [0.5, 0.6) is 0 Å². The van der Waals surface area contributed by atoms with Crippen molar-refractivity contribution in [3.63, 3.8) is 0 Å². The smallest absolute Gasteiger partial charge is 0.0725 e. The zero-order valence-corrected chi connectivity index (χ0v) is 23.7. The summed E-state index contributed by atoms with van der Waals surface area (Å²) in [5.41, 5.74) is 23.9. The van der Waals surface area contributed by atoms with E-state index in [9.17, 15) is 0 Å². The molecule has 0 aliphatic heterocycles. The van der Waals surface area contributed by atoms with Gasteiger partial charge >= 0.3 is 0 Å². The van der Waals surface area contributed by atoms with Crippen molar-refractivity contribution >= 4 is 17.1 Å². The number of hydrogen-bond donors (Lipinski definition) is 1. The molecule has 2 heteroatoms. The molecular formula is C40H30N2. The van der Waals surface area contributed by atoms with E-state index < -0.39 is 0 Å². The Bertz CT molecular complexity index is 2080. The Morgan fingerprint density at radius 1 is 0.548 bits per heavy atom. The number of anilines is 1. The van der Waals surface area contributed by atoms with Crippen molar-refractivity contribution in [1.82, 2.24) is 0 Å². The second-order valence-corrected chi connectivity index (χ2v) is 11.5. The molecular weight excluding hydrogens is 508 g/mol. The van der Waals surface area contributed by atoms with E-state index >= 15 is 0 Å². The normalized spacial score (nSPS) is 16.2. The lowest BCUT2D eigenvalue weighted by atomic mass is 9.70. The summed E-state index contributed by atoms with van der Waals surface area (Å²) in [5.74, 6) is 0. The average molecular weight is 539 g/mol. The van der Waals surface area contributed by atoms with Gasteiger partial charge in [0.05, 0.1) is 11.1 Å². The van der Waals surface area contributed by atoms with Crippen LogP contribution in [0.3, 0.4) is 0 Å². The monoisotopic (exact) mass is 538 g/mol. The Morgan fingerprint density at radius 2 is 1.14 bits per heavy atom. The minimum atomic E-state index is -0.358. The van der Waals surface area contributed by atoms with Crippen molar-refractivity contribution in [1.29, 1.82) is 0 Å². The first kappa shape index (κ1) is 24.6. The lowest BCUT2D eigenvalue weighted by Gasteiger charge is -2.30. The third kappa shape index (κ3) is 3.42. The van der Waals surface area contributed by atoms with Gasteiger partial charge in [-0.2, -0.15) is 0 Å². The molecule has 0 bridgehead atoms. The lowest BCUT2D eigenvalue weighted by Crippen LogP contribution is -2.25. The molecule has 8 rings (SSSR count). The molecule has 2 N–H and O–H groups in total. The molecule has 0 fully saturated rings. The fraction of sp³-hybridized carbons (Fsp3) is 0.0750. The molecule has 0 heterocycles. The topological polar surface area (TPSA) is 38.4 Å². The zero-order chi connectivity index (χ0) is 28.4. The summed E-state index contributed by atoms with van der Waals surface area (Å²) in [6.45, 7) is 4.20. The first-order chi connectivity index (χ1) is 20.6. The van der Waals surface area contributed by atoms with E-state index in [0.29, 0.717) is 0 Å². The highest BCUT2D eigenvalue weighted by molar-refractivity contribution is 6.02. The number of aliphatic imine (C=N–C) groups is 1. The first-order valence-corrected chi connectivity index (χ1v) is 14.5. The predicted octanol–water partition coefficient (Wildman–Crippen LogP) is 9.73. The quantitative estimate of drug-likeness (QED) is 0.176. The van der Waals surface area contributed by atoms with Crippen LogP contribution in [0, 0.1) is 6.92 Å². The molecule has 0 amide bonds. The summed E-state index contributed by atoms with van der Waals surface area (Å²) in [6, 6.07) is 48.2. The Labute approximate surface area is 246 Å². The minimum absolute atomic E-state index is 0.358. The number of rotatable bonds is 3. The van der Waals surface area contributed by atoms with Gasteiger partial charge in [-0.25, -0.2) is 0 Å². The van der Waals surface area contributed by atoms with Crippen LogP contribution < -0.4 is 5.73 Å². The van der Waals surface area contributed by atoms with Crippen LogP contribution in [0.1, 0.15) is 40.3 Å². The molecule has 0 aromatic heterocycles. The van der Waals surface area contributed by atoms with Crippen LogP contribution in [0.25, 0.3) is 33.4 Å². The van der Waals surface area contributed by atoms with Crippen LogP contribution in [0.15, 0.2) is 138 Å². The van der Waals surface area contributed by atoms with Crippen LogP contribution in [-0.4, -0.2) is 5.71 Å². The number of aryl methyl sites for hydroxylation is 1. The van der Waals surface area contributed by atoms with Crippen molar-refractivity contribution in [2.45, 2.75) is 19.3 Å². The van der Waals surface area contributed by atoms with E-state index in [-0.39, 0.29) is 5.41 Å². The van der Waals surface area contributed by atoms with E-state index in [2.05, 4.69) is 135 Å². The lowest BCUT2D eigenvalue weighted by molar-refractivity contribution is 0.794. The van der Waals surface area contributed by atoms with Gasteiger partial charge in [-0.05, 0) is 111 Å². The summed E-state index contributed by atoms with van der Waals surface area (Å²) in [5, 5.41) is 0. The molecule has 1 atom stereocenters. The standard InChI is InChI=1S/C40H30N2/c1-25-10-3-8-17-39(25)42-26(2)27-11-9-12-28(22-27)29-18-20-37-33(23-29)31-13-4-6-15-35(31)40(37)36-16-7-5-14-32(36)34-24-30(41)19-21-38(34)40/h3-24H,41H2,1-2H3/b42-26+. The molecule has 2 aliphatic rings. The summed E-state index contributed by atoms with van der Waals surface area (Å²) in [6.07, 6.45) is 0. The van der Waals surface area contributed by atoms with Gasteiger partial charge < -0.3 is 5.73 Å². The molecule has 1 spiro atoms. The number of nitrogens with zero attached hydrogens (tertiary/aromatic N) is 1. The number of nitrogen functional groups attached to an aromatic ring is 1. The minimum Gasteiger partial charge on any atom is -0.399 e. The largest absolute Gasteiger partial charge is 0.399 e. The Balaban J connectivity index is 1.30. The number of nitrogens with two attached hydrogens (primary N) is 1. The highest BCUT2D eigenvalue weighted by Gasteiger charge is 2.51. The highest BCUT2D eigenvalue weighted by Crippen LogP contribution is 2.63. The first-order valence-electron chi connectivity index (χ1n) is 14.5. The molecule has 2 nitrogen and oxygen atoms in total. The SMILES string of the molecule is C/C(=N\c1ccccc1C)c1cccc(-c2ccc3c(c2)-c2ccccc2C32c3ccccc3-c3cc(N)ccc32)c1. The summed E-state index contributed by atoms with van der Waals surface area (Å²) in [4.78, 5) is 4.96. The van der Waals surface area contributed by atoms with Gasteiger partial charge in [0.2, 0.25) is 0 Å². The predicted molar refractivity (Wildman–Crippen MR) is 176 cm³/mol. The van der Waals surface area contributed by atoms with Gasteiger partial charge in [0.15, 0.2) is 0 Å². The van der Waals surface area contributed by atoms with Crippen LogP contribution >= 0.6 is 0 Å². The Hall–Kier alpha value is -5.21. The molecule has 0 radical (unpaired) electrons. The van der Waals surface area contributed by atoms with Gasteiger partial charge in [0, 0.05) is 11.4 Å². The molecule has 2 aliphatic carbocycles. The maximum absolute atomic E-state index is 6.32. The van der Waals surface area contributed by atoms with E-state index in [1.807, 2.05) is 12.1 Å². The van der Waals surface area contributed by atoms with Crippen molar-refractivity contribution in [2.75, 3.05) is 5.73 Å². The van der Waals surface area contributed by atoms with Crippen molar-refractivity contribution in [2.24, 2.45) is 4.99 Å². The van der Waals surface area contributed by atoms with E-state index in [4.69, 9.17) is 10.7 Å². The number of fused-ring (bicyclic) bond motifs is 10. The maximum Gasteiger partial charge on any atom is 0.0725 e. The van der Waals surface area contributed by atoms with Crippen LogP contribution in [-0.2, 0) is 5.41 Å². The van der Waals surface area contributed by atoms with Crippen LogP contribution in [0.2, 0.25) is 0 Å². The van der Waals surface area contributed by atoms with E-state index in [1.54, 1.807) is 0 Å². The number of benzene rings is 6. The van der Waals surface area contributed by atoms with Gasteiger partial charge in [0.1, 0.15) is 0 Å².